The molecule has 0 fully saturated rings. The third-order valence-electron chi connectivity index (χ3n) is 2.96. The molecule has 0 spiro atoms. The minimum atomic E-state index is -4.40. The van der Waals surface area contributed by atoms with Gasteiger partial charge in [-0.1, -0.05) is 6.07 Å². The highest BCUT2D eigenvalue weighted by Crippen LogP contribution is 2.36. The van der Waals surface area contributed by atoms with E-state index in [0.29, 0.717) is 17.8 Å². The van der Waals surface area contributed by atoms with Crippen LogP contribution < -0.4 is 0 Å². The summed E-state index contributed by atoms with van der Waals surface area (Å²) < 4.78 is 40.0. The Balaban J connectivity index is 2.32. The molecule has 1 unspecified atom stereocenters. The number of aromatic nitrogens is 2. The molecule has 6 heteroatoms. The van der Waals surface area contributed by atoms with Crippen LogP contribution in [-0.2, 0) is 19.1 Å². The highest BCUT2D eigenvalue weighted by molar-refractivity contribution is 5.80. The fraction of sp³-hybridized carbons (Fsp3) is 0.364. The van der Waals surface area contributed by atoms with Crippen molar-refractivity contribution in [3.63, 3.8) is 0 Å². The molecule has 1 atom stereocenters. The number of alkyl halides is 3. The second-order valence-electron chi connectivity index (χ2n) is 4.17. The number of aliphatic hydroxyl groups is 1. The molecule has 1 aromatic heterocycles. The summed E-state index contributed by atoms with van der Waals surface area (Å²) in [6.07, 6.45) is -4.72. The summed E-state index contributed by atoms with van der Waals surface area (Å²) in [4.78, 5) is 4.12. The second kappa shape index (κ2) is 3.22. The predicted octanol–water partition coefficient (Wildman–Crippen LogP) is 1.97. The maximum atomic E-state index is 12.9. The fourth-order valence-corrected chi connectivity index (χ4v) is 2.30. The highest BCUT2D eigenvalue weighted by Gasteiger charge is 2.36. The second-order valence-corrected chi connectivity index (χ2v) is 4.17. The Labute approximate surface area is 94.5 Å². The van der Waals surface area contributed by atoms with Gasteiger partial charge in [0.2, 0.25) is 0 Å². The minimum Gasteiger partial charge on any atom is -0.391 e. The van der Waals surface area contributed by atoms with Crippen LogP contribution in [0.15, 0.2) is 18.2 Å². The van der Waals surface area contributed by atoms with Gasteiger partial charge in [0.15, 0.2) is 0 Å². The van der Waals surface area contributed by atoms with Gasteiger partial charge in [-0.15, -0.1) is 0 Å². The lowest BCUT2D eigenvalue weighted by Gasteiger charge is -2.10. The van der Waals surface area contributed by atoms with E-state index in [1.807, 2.05) is 0 Å². The fourth-order valence-electron chi connectivity index (χ4n) is 2.30. The number of halogens is 3. The summed E-state index contributed by atoms with van der Waals surface area (Å²) in [5, 5.41) is 9.45. The van der Waals surface area contributed by atoms with E-state index in [1.54, 1.807) is 6.07 Å². The summed E-state index contributed by atoms with van der Waals surface area (Å²) in [5.41, 5.74) is -0.281. The zero-order chi connectivity index (χ0) is 12.2. The number of hydrogen-bond acceptors (Lipinski definition) is 2. The van der Waals surface area contributed by atoms with Crippen LogP contribution >= 0.6 is 0 Å². The first-order valence-corrected chi connectivity index (χ1v) is 5.20. The van der Waals surface area contributed by atoms with Gasteiger partial charge in [0.25, 0.3) is 0 Å². The molecule has 2 heterocycles. The van der Waals surface area contributed by atoms with Crippen molar-refractivity contribution in [1.82, 2.24) is 9.55 Å². The van der Waals surface area contributed by atoms with Crippen LogP contribution in [0.25, 0.3) is 11.0 Å². The Kier molecular flexibility index (Phi) is 2.01. The summed E-state index contributed by atoms with van der Waals surface area (Å²) >= 11 is 0. The Morgan fingerprint density at radius 2 is 2.12 bits per heavy atom. The van der Waals surface area contributed by atoms with Gasteiger partial charge in [0, 0.05) is 6.42 Å². The number of nitrogens with zero attached hydrogens (tertiary/aromatic N) is 2. The number of aliphatic hydroxyl groups excluding tert-OH is 1. The van der Waals surface area contributed by atoms with Crippen molar-refractivity contribution in [2.24, 2.45) is 0 Å². The van der Waals surface area contributed by atoms with Crippen LogP contribution in [0.5, 0.6) is 0 Å². The number of hydrogen-bond donors (Lipinski definition) is 1. The molecule has 90 valence electrons. The van der Waals surface area contributed by atoms with E-state index >= 15 is 0 Å². The normalized spacial score (nSPS) is 19.9. The first-order valence-electron chi connectivity index (χ1n) is 5.20. The van der Waals surface area contributed by atoms with Gasteiger partial charge in [-0.3, -0.25) is 0 Å². The van der Waals surface area contributed by atoms with E-state index in [0.717, 1.165) is 6.07 Å². The molecule has 0 saturated heterocycles. The van der Waals surface area contributed by atoms with E-state index in [2.05, 4.69) is 4.98 Å². The van der Waals surface area contributed by atoms with Crippen LogP contribution in [0.1, 0.15) is 11.4 Å². The monoisotopic (exact) mass is 242 g/mol. The molecule has 0 saturated carbocycles. The molecule has 0 amide bonds. The molecule has 17 heavy (non-hydrogen) atoms. The Morgan fingerprint density at radius 3 is 2.82 bits per heavy atom. The van der Waals surface area contributed by atoms with Crippen molar-refractivity contribution < 1.29 is 18.3 Å². The Bertz CT molecular complexity index is 588. The zero-order valence-corrected chi connectivity index (χ0v) is 8.70. The number of rotatable bonds is 0. The van der Waals surface area contributed by atoms with Crippen molar-refractivity contribution in [3.05, 3.63) is 29.6 Å². The van der Waals surface area contributed by atoms with E-state index in [9.17, 15) is 18.3 Å². The third kappa shape index (κ3) is 1.51. The van der Waals surface area contributed by atoms with Crippen LogP contribution in [0.4, 0.5) is 13.2 Å². The van der Waals surface area contributed by atoms with Crippen LogP contribution in [-0.4, -0.2) is 20.8 Å². The van der Waals surface area contributed by atoms with Gasteiger partial charge in [-0.2, -0.15) is 13.2 Å². The lowest BCUT2D eigenvalue weighted by molar-refractivity contribution is -0.136. The van der Waals surface area contributed by atoms with E-state index in [-0.39, 0.29) is 12.1 Å². The van der Waals surface area contributed by atoms with Crippen molar-refractivity contribution in [1.29, 1.82) is 0 Å². The van der Waals surface area contributed by atoms with Gasteiger partial charge in [-0.25, -0.2) is 4.98 Å². The van der Waals surface area contributed by atoms with Crippen LogP contribution in [0, 0.1) is 0 Å². The maximum absolute atomic E-state index is 12.9. The number of para-hydroxylation sites is 1. The molecule has 2 aromatic rings. The molecule has 0 aliphatic carbocycles. The largest absolute Gasteiger partial charge is 0.418 e. The minimum absolute atomic E-state index is 0.0755. The summed E-state index contributed by atoms with van der Waals surface area (Å²) in [5.74, 6) is 0.518. The lowest BCUT2D eigenvalue weighted by atomic mass is 10.1. The van der Waals surface area contributed by atoms with E-state index in [1.165, 1.54) is 10.6 Å². The molecule has 1 N–H and O–H groups in total. The molecule has 3 nitrogen and oxygen atoms in total. The zero-order valence-electron chi connectivity index (χ0n) is 8.70. The first-order chi connectivity index (χ1) is 7.97. The quantitative estimate of drug-likeness (QED) is 0.767. The van der Waals surface area contributed by atoms with Gasteiger partial charge < -0.3 is 9.67 Å². The van der Waals surface area contributed by atoms with Crippen molar-refractivity contribution in [2.45, 2.75) is 25.2 Å². The Hall–Kier alpha value is -1.56. The van der Waals surface area contributed by atoms with Crippen LogP contribution in [0.2, 0.25) is 0 Å². The molecule has 0 bridgehead atoms. The third-order valence-corrected chi connectivity index (χ3v) is 2.96. The highest BCUT2D eigenvalue weighted by atomic mass is 19.4. The van der Waals surface area contributed by atoms with Gasteiger partial charge in [-0.05, 0) is 12.1 Å². The average Bonchev–Trinajstić information content (AvgIpc) is 2.71. The van der Waals surface area contributed by atoms with Crippen molar-refractivity contribution >= 4 is 11.0 Å². The summed E-state index contributed by atoms with van der Waals surface area (Å²) in [7, 11) is 0. The number of benzene rings is 1. The lowest BCUT2D eigenvalue weighted by Crippen LogP contribution is -2.11. The number of fused-ring (bicyclic) bond motifs is 3. The van der Waals surface area contributed by atoms with E-state index < -0.39 is 17.8 Å². The first kappa shape index (κ1) is 10.6. The summed E-state index contributed by atoms with van der Waals surface area (Å²) in [6, 6.07) is 3.95. The predicted molar refractivity (Wildman–Crippen MR) is 54.4 cm³/mol. The molecular formula is C11H9F3N2O. The molecule has 1 aromatic carbocycles. The molecule has 0 radical (unpaired) electrons. The molecular weight excluding hydrogens is 233 g/mol. The van der Waals surface area contributed by atoms with Gasteiger partial charge in [0.1, 0.15) is 5.82 Å². The molecule has 1 aliphatic heterocycles. The summed E-state index contributed by atoms with van der Waals surface area (Å²) in [6.45, 7) is 0.179. The van der Waals surface area contributed by atoms with E-state index in [4.69, 9.17) is 0 Å². The van der Waals surface area contributed by atoms with Crippen molar-refractivity contribution in [3.8, 4) is 0 Å². The number of imidazole rings is 1. The molecule has 1 aliphatic rings. The standard InChI is InChI=1S/C11H9F3N2O/c12-11(13,14)7-2-1-3-8-10(7)16-5-6(17)4-9(16)15-8/h1-3,6,17H,4-5H2. The smallest absolute Gasteiger partial charge is 0.391 e. The van der Waals surface area contributed by atoms with Crippen molar-refractivity contribution in [2.75, 3.05) is 0 Å². The topological polar surface area (TPSA) is 38.1 Å². The SMILES string of the molecule is OC1Cc2nc3cccc(C(F)(F)F)c3n2C1. The van der Waals surface area contributed by atoms with Gasteiger partial charge in [0.05, 0.1) is 29.2 Å². The van der Waals surface area contributed by atoms with Gasteiger partial charge >= 0.3 is 6.18 Å². The van der Waals surface area contributed by atoms with Crippen LogP contribution in [0.3, 0.4) is 0 Å². The molecule has 3 rings (SSSR count). The maximum Gasteiger partial charge on any atom is 0.418 e. The average molecular weight is 242 g/mol. The Morgan fingerprint density at radius 1 is 1.35 bits per heavy atom.